The lowest BCUT2D eigenvalue weighted by Crippen LogP contribution is -2.25. The topological polar surface area (TPSA) is 89.2 Å². The van der Waals surface area contributed by atoms with Crippen LogP contribution in [0.3, 0.4) is 0 Å². The molecule has 122 valence electrons. The third-order valence-corrected chi connectivity index (χ3v) is 4.49. The highest BCUT2D eigenvalue weighted by Gasteiger charge is 2.36. The van der Waals surface area contributed by atoms with Gasteiger partial charge in [-0.2, -0.15) is 5.26 Å². The summed E-state index contributed by atoms with van der Waals surface area (Å²) in [6.45, 7) is 0. The predicted octanol–water partition coefficient (Wildman–Crippen LogP) is 3.66. The van der Waals surface area contributed by atoms with E-state index in [1.165, 1.54) is 0 Å². The van der Waals surface area contributed by atoms with Crippen molar-refractivity contribution in [1.82, 2.24) is 0 Å². The minimum absolute atomic E-state index is 0.0138. The average molecular weight is 351 g/mol. The van der Waals surface area contributed by atoms with Gasteiger partial charge < -0.3 is 14.9 Å². The summed E-state index contributed by atoms with van der Waals surface area (Å²) in [7, 11) is 0. The normalized spacial score (nSPS) is 16.2. The summed E-state index contributed by atoms with van der Waals surface area (Å²) < 4.78 is 11.4. The van der Waals surface area contributed by atoms with Gasteiger partial charge in [0.15, 0.2) is 5.76 Å². The van der Waals surface area contributed by atoms with Crippen molar-refractivity contribution < 1.29 is 9.15 Å². The summed E-state index contributed by atoms with van der Waals surface area (Å²) in [6.07, 6.45) is 0. The van der Waals surface area contributed by atoms with E-state index in [2.05, 4.69) is 0 Å². The van der Waals surface area contributed by atoms with Crippen LogP contribution in [0.5, 0.6) is 5.75 Å². The second kappa shape index (κ2) is 5.69. The van der Waals surface area contributed by atoms with Crippen molar-refractivity contribution in [2.24, 2.45) is 5.73 Å². The molecule has 5 nitrogen and oxygen atoms in total. The molecule has 0 saturated heterocycles. The molecule has 2 aromatic carbocycles. The molecule has 0 saturated carbocycles. The van der Waals surface area contributed by atoms with E-state index in [9.17, 15) is 10.1 Å². The van der Waals surface area contributed by atoms with Crippen LogP contribution in [0.1, 0.15) is 17.2 Å². The number of hydrogen-bond donors (Lipinski definition) is 1. The first-order valence-electron chi connectivity index (χ1n) is 7.49. The number of allylic oxidation sites excluding steroid dienone is 1. The van der Waals surface area contributed by atoms with Gasteiger partial charge in [-0.05, 0) is 23.8 Å². The molecule has 0 radical (unpaired) electrons. The SMILES string of the molecule is N#CC1=C(N)Oc2c(oc3ccccc3c2=O)C1c1ccccc1Cl. The molecule has 0 spiro atoms. The van der Waals surface area contributed by atoms with Gasteiger partial charge in [0.1, 0.15) is 17.2 Å². The fourth-order valence-electron chi connectivity index (χ4n) is 2.99. The maximum absolute atomic E-state index is 12.8. The smallest absolute Gasteiger partial charge is 0.235 e. The summed E-state index contributed by atoms with van der Waals surface area (Å²) in [5.74, 6) is -0.620. The summed E-state index contributed by atoms with van der Waals surface area (Å²) in [5.41, 5.74) is 6.74. The zero-order chi connectivity index (χ0) is 17.6. The van der Waals surface area contributed by atoms with Crippen LogP contribution in [-0.2, 0) is 0 Å². The number of ether oxygens (including phenoxy) is 1. The zero-order valence-corrected chi connectivity index (χ0v) is 13.6. The summed E-state index contributed by atoms with van der Waals surface area (Å²) >= 11 is 6.32. The Morgan fingerprint density at radius 3 is 2.60 bits per heavy atom. The monoisotopic (exact) mass is 350 g/mol. The molecule has 1 atom stereocenters. The van der Waals surface area contributed by atoms with Crippen LogP contribution in [0, 0.1) is 11.3 Å². The lowest BCUT2D eigenvalue weighted by atomic mass is 9.87. The zero-order valence-electron chi connectivity index (χ0n) is 12.8. The summed E-state index contributed by atoms with van der Waals surface area (Å²) in [4.78, 5) is 12.8. The number of rotatable bonds is 1. The highest BCUT2D eigenvalue weighted by molar-refractivity contribution is 6.31. The van der Waals surface area contributed by atoms with Gasteiger partial charge in [-0.25, -0.2) is 0 Å². The maximum Gasteiger partial charge on any atom is 0.235 e. The van der Waals surface area contributed by atoms with Crippen LogP contribution >= 0.6 is 11.6 Å². The van der Waals surface area contributed by atoms with E-state index >= 15 is 0 Å². The fraction of sp³-hybridized carbons (Fsp3) is 0.0526. The average Bonchev–Trinajstić information content (AvgIpc) is 2.62. The molecule has 0 fully saturated rings. The van der Waals surface area contributed by atoms with Gasteiger partial charge in [0.2, 0.25) is 17.1 Å². The van der Waals surface area contributed by atoms with E-state index in [1.54, 1.807) is 48.5 Å². The quantitative estimate of drug-likeness (QED) is 0.723. The highest BCUT2D eigenvalue weighted by Crippen LogP contribution is 2.43. The Kier molecular flexibility index (Phi) is 3.48. The van der Waals surface area contributed by atoms with Crippen LogP contribution in [0.15, 0.2) is 69.2 Å². The van der Waals surface area contributed by atoms with E-state index < -0.39 is 5.92 Å². The third-order valence-electron chi connectivity index (χ3n) is 4.15. The van der Waals surface area contributed by atoms with Crippen molar-refractivity contribution in [3.63, 3.8) is 0 Å². The number of nitrogens with two attached hydrogens (primary N) is 1. The Morgan fingerprint density at radius 1 is 1.12 bits per heavy atom. The maximum atomic E-state index is 12.8. The lowest BCUT2D eigenvalue weighted by molar-refractivity contribution is 0.354. The molecule has 0 amide bonds. The number of nitrogens with zero attached hydrogens (tertiary/aromatic N) is 1. The van der Waals surface area contributed by atoms with Crippen molar-refractivity contribution in [3.8, 4) is 11.8 Å². The number of hydrogen-bond acceptors (Lipinski definition) is 5. The van der Waals surface area contributed by atoms with Gasteiger partial charge in [0, 0.05) is 5.02 Å². The molecule has 6 heteroatoms. The first-order chi connectivity index (χ1) is 12.1. The molecular formula is C19H11ClN2O3. The molecule has 25 heavy (non-hydrogen) atoms. The molecule has 4 rings (SSSR count). The van der Waals surface area contributed by atoms with E-state index in [4.69, 9.17) is 26.5 Å². The summed E-state index contributed by atoms with van der Waals surface area (Å²) in [5, 5.41) is 10.4. The van der Waals surface area contributed by atoms with Crippen molar-refractivity contribution in [2.45, 2.75) is 5.92 Å². The largest absolute Gasteiger partial charge is 0.456 e. The van der Waals surface area contributed by atoms with Crippen molar-refractivity contribution >= 4 is 22.6 Å². The van der Waals surface area contributed by atoms with Gasteiger partial charge in [-0.3, -0.25) is 4.79 Å². The number of halogens is 1. The van der Waals surface area contributed by atoms with Crippen molar-refractivity contribution in [2.75, 3.05) is 0 Å². The predicted molar refractivity (Wildman–Crippen MR) is 93.2 cm³/mol. The number of para-hydroxylation sites is 1. The van der Waals surface area contributed by atoms with Gasteiger partial charge >= 0.3 is 0 Å². The molecule has 1 aliphatic rings. The minimum atomic E-state index is -0.709. The van der Waals surface area contributed by atoms with Gasteiger partial charge in [0.25, 0.3) is 0 Å². The molecule has 2 N–H and O–H groups in total. The van der Waals surface area contributed by atoms with Crippen LogP contribution in [0.2, 0.25) is 5.02 Å². The Morgan fingerprint density at radius 2 is 1.84 bits per heavy atom. The number of fused-ring (bicyclic) bond motifs is 2. The van der Waals surface area contributed by atoms with E-state index in [-0.39, 0.29) is 28.4 Å². The molecule has 1 unspecified atom stereocenters. The van der Waals surface area contributed by atoms with E-state index in [0.717, 1.165) is 0 Å². The standard InChI is InChI=1S/C19H11ClN2O3/c20-13-7-3-1-5-10(13)15-12(9-21)19(22)25-18-16(23)11-6-2-4-8-14(11)24-17(15)18/h1-8,15H,22H2. The third kappa shape index (κ3) is 2.27. The van der Waals surface area contributed by atoms with E-state index in [1.807, 2.05) is 6.07 Å². The molecule has 3 aromatic rings. The molecule has 2 heterocycles. The Balaban J connectivity index is 2.10. The van der Waals surface area contributed by atoms with Gasteiger partial charge in [-0.15, -0.1) is 0 Å². The van der Waals surface area contributed by atoms with Gasteiger partial charge in [0.05, 0.1) is 11.3 Å². The van der Waals surface area contributed by atoms with Crippen LogP contribution in [0.4, 0.5) is 0 Å². The first-order valence-corrected chi connectivity index (χ1v) is 7.87. The van der Waals surface area contributed by atoms with Crippen LogP contribution in [0.25, 0.3) is 11.0 Å². The number of nitriles is 1. The minimum Gasteiger partial charge on any atom is -0.456 e. The number of benzene rings is 2. The molecule has 1 aromatic heterocycles. The van der Waals surface area contributed by atoms with Crippen molar-refractivity contribution in [1.29, 1.82) is 5.26 Å². The Hall–Kier alpha value is -3.23. The lowest BCUT2D eigenvalue weighted by Gasteiger charge is -2.25. The molecule has 0 bridgehead atoms. The summed E-state index contributed by atoms with van der Waals surface area (Å²) in [6, 6.07) is 15.9. The Labute approximate surface area is 147 Å². The second-order valence-corrected chi connectivity index (χ2v) is 5.97. The molecule has 1 aliphatic heterocycles. The molecular weight excluding hydrogens is 340 g/mol. The van der Waals surface area contributed by atoms with Gasteiger partial charge in [-0.1, -0.05) is 41.9 Å². The first kappa shape index (κ1) is 15.3. The van der Waals surface area contributed by atoms with Crippen LogP contribution in [-0.4, -0.2) is 0 Å². The Bertz CT molecular complexity index is 1140. The van der Waals surface area contributed by atoms with Crippen molar-refractivity contribution in [3.05, 3.63) is 86.6 Å². The highest BCUT2D eigenvalue weighted by atomic mass is 35.5. The fourth-order valence-corrected chi connectivity index (χ4v) is 3.24. The molecule has 0 aliphatic carbocycles. The second-order valence-electron chi connectivity index (χ2n) is 5.57. The van der Waals surface area contributed by atoms with Crippen LogP contribution < -0.4 is 15.9 Å². The van der Waals surface area contributed by atoms with E-state index in [0.29, 0.717) is 21.6 Å².